The van der Waals surface area contributed by atoms with Crippen molar-refractivity contribution in [1.82, 2.24) is 10.0 Å². The Morgan fingerprint density at radius 3 is 2.52 bits per heavy atom. The van der Waals surface area contributed by atoms with E-state index in [1.54, 1.807) is 0 Å². The van der Waals surface area contributed by atoms with E-state index in [0.29, 0.717) is 0 Å². The maximum atomic E-state index is 12.2. The number of hydrogen-bond donors (Lipinski definition) is 3. The summed E-state index contributed by atoms with van der Waals surface area (Å²) in [6, 6.07) is 4.98. The average molecular weight is 331 g/mol. The van der Waals surface area contributed by atoms with Crippen molar-refractivity contribution >= 4 is 20.0 Å². The Labute approximate surface area is 124 Å². The third-order valence-corrected chi connectivity index (χ3v) is 5.40. The van der Waals surface area contributed by atoms with Crippen LogP contribution in [0, 0.1) is 0 Å². The Morgan fingerprint density at radius 1 is 1.19 bits per heavy atom. The molecule has 0 bridgehead atoms. The molecule has 1 aliphatic rings. The number of nitrogens with one attached hydrogen (secondary N) is 2. The van der Waals surface area contributed by atoms with Crippen LogP contribution in [0.2, 0.25) is 0 Å². The SMILES string of the molecule is NS(=O)(=O)c1cccc(S(=O)(=O)NCC2=CCNCC2)c1. The van der Waals surface area contributed by atoms with Crippen LogP contribution in [-0.2, 0) is 20.0 Å². The van der Waals surface area contributed by atoms with E-state index in [1.807, 2.05) is 6.08 Å². The van der Waals surface area contributed by atoms with Crippen molar-refractivity contribution in [2.45, 2.75) is 16.2 Å². The highest BCUT2D eigenvalue weighted by Crippen LogP contribution is 2.15. The molecule has 0 spiro atoms. The molecule has 2 rings (SSSR count). The van der Waals surface area contributed by atoms with Gasteiger partial charge in [0.2, 0.25) is 20.0 Å². The third kappa shape index (κ3) is 4.35. The van der Waals surface area contributed by atoms with Crippen molar-refractivity contribution < 1.29 is 16.8 Å². The highest BCUT2D eigenvalue weighted by Gasteiger charge is 2.17. The summed E-state index contributed by atoms with van der Waals surface area (Å²) in [4.78, 5) is -0.352. The summed E-state index contributed by atoms with van der Waals surface area (Å²) < 4.78 is 49.3. The second-order valence-corrected chi connectivity index (χ2v) is 7.99. The first-order valence-corrected chi connectivity index (χ1v) is 9.33. The van der Waals surface area contributed by atoms with E-state index < -0.39 is 20.0 Å². The maximum absolute atomic E-state index is 12.2. The van der Waals surface area contributed by atoms with Crippen LogP contribution in [-0.4, -0.2) is 36.5 Å². The molecule has 9 heteroatoms. The van der Waals surface area contributed by atoms with E-state index in [4.69, 9.17) is 5.14 Å². The topological polar surface area (TPSA) is 118 Å². The lowest BCUT2D eigenvalue weighted by Gasteiger charge is -2.15. The van der Waals surface area contributed by atoms with Gasteiger partial charge in [-0.25, -0.2) is 26.7 Å². The number of rotatable bonds is 5. The van der Waals surface area contributed by atoms with Gasteiger partial charge < -0.3 is 5.32 Å². The second kappa shape index (κ2) is 6.24. The van der Waals surface area contributed by atoms with Crippen molar-refractivity contribution in [3.05, 3.63) is 35.9 Å². The molecular weight excluding hydrogens is 314 g/mol. The molecule has 0 atom stereocenters. The lowest BCUT2D eigenvalue weighted by atomic mass is 10.1. The van der Waals surface area contributed by atoms with E-state index in [0.717, 1.165) is 31.1 Å². The Balaban J connectivity index is 2.18. The molecule has 1 aromatic carbocycles. The fourth-order valence-corrected chi connectivity index (χ4v) is 3.64. The molecule has 0 aromatic heterocycles. The van der Waals surface area contributed by atoms with Crippen molar-refractivity contribution in [1.29, 1.82) is 0 Å². The fourth-order valence-electron chi connectivity index (χ4n) is 1.92. The highest BCUT2D eigenvalue weighted by atomic mass is 32.2. The van der Waals surface area contributed by atoms with Crippen LogP contribution in [0.3, 0.4) is 0 Å². The molecule has 21 heavy (non-hydrogen) atoms. The van der Waals surface area contributed by atoms with Gasteiger partial charge in [0.25, 0.3) is 0 Å². The predicted molar refractivity (Wildman–Crippen MR) is 78.6 cm³/mol. The van der Waals surface area contributed by atoms with Crippen LogP contribution in [0.5, 0.6) is 0 Å². The molecule has 4 N–H and O–H groups in total. The minimum absolute atomic E-state index is 0.122. The van der Waals surface area contributed by atoms with Crippen LogP contribution >= 0.6 is 0 Å². The molecule has 0 unspecified atom stereocenters. The van der Waals surface area contributed by atoms with Gasteiger partial charge in [0, 0.05) is 13.1 Å². The summed E-state index contributed by atoms with van der Waals surface area (Å²) in [7, 11) is -7.71. The molecule has 7 nitrogen and oxygen atoms in total. The number of primary sulfonamides is 1. The zero-order valence-corrected chi connectivity index (χ0v) is 12.9. The monoisotopic (exact) mass is 331 g/mol. The van der Waals surface area contributed by atoms with Gasteiger partial charge in [-0.2, -0.15) is 0 Å². The Hall–Kier alpha value is -1.26. The molecule has 1 aliphatic heterocycles. The van der Waals surface area contributed by atoms with Gasteiger partial charge in [0.15, 0.2) is 0 Å². The predicted octanol–water partition coefficient (Wildman–Crippen LogP) is -0.468. The first kappa shape index (κ1) is 16.1. The van der Waals surface area contributed by atoms with Gasteiger partial charge in [0.05, 0.1) is 9.79 Å². The summed E-state index contributed by atoms with van der Waals surface area (Å²) in [5, 5.41) is 8.13. The lowest BCUT2D eigenvalue weighted by molar-refractivity contribution is 0.582. The normalized spacial score (nSPS) is 16.5. The number of sulfonamides is 2. The molecule has 1 aromatic rings. The molecular formula is C12H17N3O4S2. The third-order valence-electron chi connectivity index (χ3n) is 3.09. The first-order valence-electron chi connectivity index (χ1n) is 6.30. The van der Waals surface area contributed by atoms with Gasteiger partial charge in [-0.1, -0.05) is 17.7 Å². The fraction of sp³-hybridized carbons (Fsp3) is 0.333. The van der Waals surface area contributed by atoms with Gasteiger partial charge in [-0.15, -0.1) is 0 Å². The second-order valence-electron chi connectivity index (χ2n) is 4.66. The molecule has 1 heterocycles. The van der Waals surface area contributed by atoms with E-state index in [2.05, 4.69) is 10.0 Å². The van der Waals surface area contributed by atoms with Gasteiger partial charge in [-0.05, 0) is 31.2 Å². The Kier molecular flexibility index (Phi) is 4.79. The number of benzene rings is 1. The zero-order valence-electron chi connectivity index (χ0n) is 11.2. The van der Waals surface area contributed by atoms with Gasteiger partial charge in [-0.3, -0.25) is 0 Å². The average Bonchev–Trinajstić information content (AvgIpc) is 2.46. The molecule has 116 valence electrons. The number of hydrogen-bond acceptors (Lipinski definition) is 5. The van der Waals surface area contributed by atoms with E-state index >= 15 is 0 Å². The van der Waals surface area contributed by atoms with Crippen molar-refractivity contribution in [2.75, 3.05) is 19.6 Å². The number of nitrogens with two attached hydrogens (primary N) is 1. The van der Waals surface area contributed by atoms with Gasteiger partial charge >= 0.3 is 0 Å². The highest BCUT2D eigenvalue weighted by molar-refractivity contribution is 7.90. The Morgan fingerprint density at radius 2 is 1.90 bits per heavy atom. The standard InChI is InChI=1S/C12H17N3O4S2/c13-20(16,17)11-2-1-3-12(8-11)21(18,19)15-9-10-4-6-14-7-5-10/h1-4,8,14-15H,5-7,9H2,(H2,13,16,17). The summed E-state index contributed by atoms with van der Waals surface area (Å²) in [5.41, 5.74) is 1.000. The summed E-state index contributed by atoms with van der Waals surface area (Å²) in [5.74, 6) is 0. The molecule has 0 aliphatic carbocycles. The first-order chi connectivity index (χ1) is 9.79. The van der Waals surface area contributed by atoms with Crippen molar-refractivity contribution in [2.24, 2.45) is 5.14 Å². The van der Waals surface area contributed by atoms with E-state index in [9.17, 15) is 16.8 Å². The van der Waals surface area contributed by atoms with E-state index in [-0.39, 0.29) is 16.3 Å². The molecule has 0 radical (unpaired) electrons. The molecule has 0 saturated carbocycles. The zero-order chi connectivity index (χ0) is 15.5. The van der Waals surface area contributed by atoms with Crippen LogP contribution < -0.4 is 15.2 Å². The van der Waals surface area contributed by atoms with Crippen LogP contribution in [0.25, 0.3) is 0 Å². The summed E-state index contributed by atoms with van der Waals surface area (Å²) in [6.07, 6.45) is 2.71. The Bertz CT molecular complexity index is 754. The van der Waals surface area contributed by atoms with Crippen LogP contribution in [0.1, 0.15) is 6.42 Å². The molecule has 0 amide bonds. The van der Waals surface area contributed by atoms with Crippen LogP contribution in [0.4, 0.5) is 0 Å². The quantitative estimate of drug-likeness (QED) is 0.631. The summed E-state index contributed by atoms with van der Waals surface area (Å²) >= 11 is 0. The van der Waals surface area contributed by atoms with Crippen LogP contribution in [0.15, 0.2) is 45.7 Å². The minimum Gasteiger partial charge on any atom is -0.313 e. The molecule has 0 fully saturated rings. The van der Waals surface area contributed by atoms with E-state index in [1.165, 1.54) is 18.2 Å². The maximum Gasteiger partial charge on any atom is 0.240 e. The van der Waals surface area contributed by atoms with Crippen molar-refractivity contribution in [3.8, 4) is 0 Å². The minimum atomic E-state index is -3.93. The van der Waals surface area contributed by atoms with Gasteiger partial charge in [0.1, 0.15) is 0 Å². The smallest absolute Gasteiger partial charge is 0.240 e. The van der Waals surface area contributed by atoms with Crippen molar-refractivity contribution in [3.63, 3.8) is 0 Å². The molecule has 0 saturated heterocycles. The summed E-state index contributed by atoms with van der Waals surface area (Å²) in [6.45, 7) is 1.75. The largest absolute Gasteiger partial charge is 0.313 e. The lowest BCUT2D eigenvalue weighted by Crippen LogP contribution is -2.29.